The average Bonchev–Trinajstić information content (AvgIpc) is 2.81. The molecule has 0 atom stereocenters. The van der Waals surface area contributed by atoms with Crippen molar-refractivity contribution in [3.63, 3.8) is 0 Å². The fourth-order valence-corrected chi connectivity index (χ4v) is 1.84. The standard InChI is InChI=1S/C14H14O3/c1-9-10(2)13(16-3)7-5-12(9)14-6-4-11(8-15)17-14/h4-8H,1-3H3. The van der Waals surface area contributed by atoms with Gasteiger partial charge in [0.05, 0.1) is 7.11 Å². The van der Waals surface area contributed by atoms with Gasteiger partial charge in [-0.05, 0) is 49.2 Å². The third-order valence-corrected chi connectivity index (χ3v) is 2.97. The predicted octanol–water partition coefficient (Wildman–Crippen LogP) is 3.38. The summed E-state index contributed by atoms with van der Waals surface area (Å²) in [4.78, 5) is 10.6. The Morgan fingerprint density at radius 3 is 2.47 bits per heavy atom. The molecule has 0 radical (unpaired) electrons. The Balaban J connectivity index is 2.52. The van der Waals surface area contributed by atoms with E-state index in [0.29, 0.717) is 17.8 Å². The molecule has 1 aromatic carbocycles. The maximum Gasteiger partial charge on any atom is 0.185 e. The van der Waals surface area contributed by atoms with Crippen molar-refractivity contribution < 1.29 is 13.9 Å². The van der Waals surface area contributed by atoms with Crippen LogP contribution >= 0.6 is 0 Å². The van der Waals surface area contributed by atoms with Crippen molar-refractivity contribution in [2.75, 3.05) is 7.11 Å². The van der Waals surface area contributed by atoms with Gasteiger partial charge in [0.2, 0.25) is 0 Å². The number of methoxy groups -OCH3 is 1. The molecule has 88 valence electrons. The number of ether oxygens (including phenoxy) is 1. The first-order valence-electron chi connectivity index (χ1n) is 5.37. The Kier molecular flexibility index (Phi) is 3.00. The van der Waals surface area contributed by atoms with Gasteiger partial charge >= 0.3 is 0 Å². The van der Waals surface area contributed by atoms with Gasteiger partial charge < -0.3 is 9.15 Å². The number of carbonyl (C=O) groups is 1. The first-order chi connectivity index (χ1) is 8.17. The summed E-state index contributed by atoms with van der Waals surface area (Å²) in [6.45, 7) is 4.01. The quantitative estimate of drug-likeness (QED) is 0.759. The highest BCUT2D eigenvalue weighted by atomic mass is 16.5. The van der Waals surface area contributed by atoms with Crippen molar-refractivity contribution in [3.05, 3.63) is 41.2 Å². The largest absolute Gasteiger partial charge is 0.496 e. The molecular weight excluding hydrogens is 216 g/mol. The van der Waals surface area contributed by atoms with Crippen molar-refractivity contribution >= 4 is 6.29 Å². The molecule has 0 bridgehead atoms. The molecule has 0 aliphatic rings. The normalized spacial score (nSPS) is 10.3. The third kappa shape index (κ3) is 1.96. The molecule has 2 aromatic rings. The zero-order chi connectivity index (χ0) is 12.4. The smallest absolute Gasteiger partial charge is 0.185 e. The molecule has 0 spiro atoms. The number of carbonyl (C=O) groups excluding carboxylic acids is 1. The molecule has 1 heterocycles. The number of rotatable bonds is 3. The number of hydrogen-bond donors (Lipinski definition) is 0. The summed E-state index contributed by atoms with van der Waals surface area (Å²) in [5.74, 6) is 1.90. The summed E-state index contributed by atoms with van der Waals surface area (Å²) in [5.41, 5.74) is 3.15. The predicted molar refractivity (Wildman–Crippen MR) is 65.6 cm³/mol. The van der Waals surface area contributed by atoms with Crippen LogP contribution in [0.2, 0.25) is 0 Å². The summed E-state index contributed by atoms with van der Waals surface area (Å²) in [5, 5.41) is 0. The minimum Gasteiger partial charge on any atom is -0.496 e. The lowest BCUT2D eigenvalue weighted by molar-refractivity contribution is 0.110. The van der Waals surface area contributed by atoms with E-state index in [0.717, 1.165) is 22.4 Å². The highest BCUT2D eigenvalue weighted by Crippen LogP contribution is 2.31. The average molecular weight is 230 g/mol. The zero-order valence-corrected chi connectivity index (χ0v) is 10.1. The van der Waals surface area contributed by atoms with Crippen LogP contribution in [0.5, 0.6) is 5.75 Å². The van der Waals surface area contributed by atoms with Crippen LogP contribution in [0, 0.1) is 13.8 Å². The third-order valence-electron chi connectivity index (χ3n) is 2.97. The minimum absolute atomic E-state index is 0.341. The van der Waals surface area contributed by atoms with E-state index in [2.05, 4.69) is 0 Å². The van der Waals surface area contributed by atoms with Crippen molar-refractivity contribution in [3.8, 4) is 17.1 Å². The molecule has 1 aromatic heterocycles. The first-order valence-corrected chi connectivity index (χ1v) is 5.37. The molecule has 0 amide bonds. The maximum atomic E-state index is 10.6. The van der Waals surface area contributed by atoms with Gasteiger partial charge in [-0.15, -0.1) is 0 Å². The summed E-state index contributed by atoms with van der Waals surface area (Å²) < 4.78 is 10.7. The fourth-order valence-electron chi connectivity index (χ4n) is 1.84. The minimum atomic E-state index is 0.341. The molecule has 2 rings (SSSR count). The lowest BCUT2D eigenvalue weighted by atomic mass is 10.0. The zero-order valence-electron chi connectivity index (χ0n) is 10.1. The molecule has 17 heavy (non-hydrogen) atoms. The van der Waals surface area contributed by atoms with E-state index < -0.39 is 0 Å². The van der Waals surface area contributed by atoms with Crippen LogP contribution in [-0.4, -0.2) is 13.4 Å². The van der Waals surface area contributed by atoms with Crippen LogP contribution in [0.3, 0.4) is 0 Å². The monoisotopic (exact) mass is 230 g/mol. The van der Waals surface area contributed by atoms with Crippen LogP contribution in [0.4, 0.5) is 0 Å². The Bertz CT molecular complexity index is 553. The molecule has 0 aliphatic heterocycles. The van der Waals surface area contributed by atoms with Gasteiger partial charge in [0.15, 0.2) is 12.0 Å². The van der Waals surface area contributed by atoms with Crippen LogP contribution in [0.15, 0.2) is 28.7 Å². The summed E-state index contributed by atoms with van der Waals surface area (Å²) in [6, 6.07) is 7.31. The van der Waals surface area contributed by atoms with Gasteiger partial charge in [0.25, 0.3) is 0 Å². The van der Waals surface area contributed by atoms with Gasteiger partial charge in [-0.25, -0.2) is 0 Å². The van der Waals surface area contributed by atoms with Crippen molar-refractivity contribution in [1.82, 2.24) is 0 Å². The van der Waals surface area contributed by atoms with E-state index >= 15 is 0 Å². The molecule has 0 aliphatic carbocycles. The van der Waals surface area contributed by atoms with E-state index in [1.54, 1.807) is 19.2 Å². The Morgan fingerprint density at radius 2 is 1.88 bits per heavy atom. The van der Waals surface area contributed by atoms with Crippen LogP contribution in [0.25, 0.3) is 11.3 Å². The van der Waals surface area contributed by atoms with Gasteiger partial charge in [-0.1, -0.05) is 0 Å². The van der Waals surface area contributed by atoms with Crippen molar-refractivity contribution in [2.24, 2.45) is 0 Å². The van der Waals surface area contributed by atoms with E-state index in [9.17, 15) is 4.79 Å². The molecule has 0 unspecified atom stereocenters. The highest BCUT2D eigenvalue weighted by molar-refractivity contribution is 5.74. The Labute approximate surface area is 100 Å². The van der Waals surface area contributed by atoms with Gasteiger partial charge in [-0.3, -0.25) is 4.79 Å². The molecule has 3 nitrogen and oxygen atoms in total. The van der Waals surface area contributed by atoms with Crippen molar-refractivity contribution in [1.29, 1.82) is 0 Å². The highest BCUT2D eigenvalue weighted by Gasteiger charge is 2.11. The topological polar surface area (TPSA) is 39.4 Å². The number of aldehydes is 1. The van der Waals surface area contributed by atoms with Crippen LogP contribution in [-0.2, 0) is 0 Å². The number of benzene rings is 1. The van der Waals surface area contributed by atoms with E-state index in [1.165, 1.54) is 0 Å². The van der Waals surface area contributed by atoms with Gasteiger partial charge in [0.1, 0.15) is 11.5 Å². The second-order valence-electron chi connectivity index (χ2n) is 3.89. The summed E-state index contributed by atoms with van der Waals surface area (Å²) in [6.07, 6.45) is 0.704. The lowest BCUT2D eigenvalue weighted by Crippen LogP contribution is -1.92. The molecule has 0 N–H and O–H groups in total. The Morgan fingerprint density at radius 1 is 1.12 bits per heavy atom. The molecule has 0 fully saturated rings. The van der Waals surface area contributed by atoms with Crippen LogP contribution < -0.4 is 4.74 Å². The van der Waals surface area contributed by atoms with Gasteiger partial charge in [-0.2, -0.15) is 0 Å². The van der Waals surface area contributed by atoms with Crippen LogP contribution in [0.1, 0.15) is 21.7 Å². The van der Waals surface area contributed by atoms with E-state index in [1.807, 2.05) is 26.0 Å². The molecule has 0 saturated carbocycles. The maximum absolute atomic E-state index is 10.6. The SMILES string of the molecule is COc1ccc(-c2ccc(C=O)o2)c(C)c1C. The molecular formula is C14H14O3. The van der Waals surface area contributed by atoms with Crippen molar-refractivity contribution in [2.45, 2.75) is 13.8 Å². The van der Waals surface area contributed by atoms with E-state index in [-0.39, 0.29) is 0 Å². The molecule has 3 heteroatoms. The van der Waals surface area contributed by atoms with E-state index in [4.69, 9.17) is 9.15 Å². The number of hydrogen-bond acceptors (Lipinski definition) is 3. The van der Waals surface area contributed by atoms with Gasteiger partial charge in [0, 0.05) is 5.56 Å². The first kappa shape index (κ1) is 11.5. The number of furan rings is 1. The molecule has 0 saturated heterocycles. The fraction of sp³-hybridized carbons (Fsp3) is 0.214. The summed E-state index contributed by atoms with van der Waals surface area (Å²) in [7, 11) is 1.65. The second-order valence-corrected chi connectivity index (χ2v) is 3.89. The Hall–Kier alpha value is -2.03. The summed E-state index contributed by atoms with van der Waals surface area (Å²) >= 11 is 0. The second kappa shape index (κ2) is 4.45. The lowest BCUT2D eigenvalue weighted by Gasteiger charge is -2.10.